The normalized spacial score (nSPS) is 15.4. The van der Waals surface area contributed by atoms with E-state index in [1.165, 1.54) is 11.3 Å². The Morgan fingerprint density at radius 3 is 3.12 bits per heavy atom. The van der Waals surface area contributed by atoms with Crippen molar-refractivity contribution in [3.8, 4) is 5.88 Å². The summed E-state index contributed by atoms with van der Waals surface area (Å²) in [5.41, 5.74) is 1.89. The van der Waals surface area contributed by atoms with Gasteiger partial charge >= 0.3 is 0 Å². The molecule has 0 saturated heterocycles. The molecule has 2 aromatic heterocycles. The molecule has 3 heterocycles. The van der Waals surface area contributed by atoms with Crippen LogP contribution in [0.1, 0.15) is 10.4 Å². The van der Waals surface area contributed by atoms with Crippen LogP contribution in [0.2, 0.25) is 0 Å². The molecule has 3 rings (SSSR count). The van der Waals surface area contributed by atoms with E-state index in [1.807, 2.05) is 18.2 Å². The third kappa shape index (κ3) is 1.81. The van der Waals surface area contributed by atoms with Crippen molar-refractivity contribution in [2.45, 2.75) is 0 Å². The van der Waals surface area contributed by atoms with Crippen molar-refractivity contribution in [1.29, 1.82) is 0 Å². The second kappa shape index (κ2) is 3.90. The number of aromatic hydroxyl groups is 1. The standard InChI is InChI=1S/C11H7N3OS2/c15-10-8(17-11(16)14-10)4-6-5-13-9-7(6)2-1-3-12-9/h1-5,15H,(H,14,16)/b6-4+. The number of hydrogen-bond donors (Lipinski definition) is 2. The van der Waals surface area contributed by atoms with Crippen LogP contribution in [0, 0.1) is 3.95 Å². The number of H-pyrrole nitrogens is 1. The van der Waals surface area contributed by atoms with E-state index in [2.05, 4.69) is 15.0 Å². The first-order valence-corrected chi connectivity index (χ1v) is 6.10. The molecule has 0 aromatic carbocycles. The summed E-state index contributed by atoms with van der Waals surface area (Å²) in [7, 11) is 0. The zero-order valence-electron chi connectivity index (χ0n) is 8.54. The molecule has 0 saturated carbocycles. The molecule has 1 aliphatic heterocycles. The van der Waals surface area contributed by atoms with Gasteiger partial charge in [-0.25, -0.2) is 9.98 Å². The van der Waals surface area contributed by atoms with E-state index in [9.17, 15) is 5.11 Å². The maximum atomic E-state index is 9.62. The van der Waals surface area contributed by atoms with Crippen LogP contribution >= 0.6 is 23.6 Å². The molecule has 6 heteroatoms. The number of fused-ring (bicyclic) bond motifs is 1. The van der Waals surface area contributed by atoms with E-state index in [1.54, 1.807) is 12.4 Å². The van der Waals surface area contributed by atoms with Crippen LogP contribution in [-0.2, 0) is 0 Å². The Balaban J connectivity index is 2.11. The Morgan fingerprint density at radius 1 is 1.47 bits per heavy atom. The number of allylic oxidation sites excluding steroid dienone is 1. The topological polar surface area (TPSA) is 61.3 Å². The summed E-state index contributed by atoms with van der Waals surface area (Å²) < 4.78 is 0.552. The number of nitrogens with one attached hydrogen (secondary N) is 1. The number of thiazole rings is 1. The second-order valence-electron chi connectivity index (χ2n) is 3.46. The average Bonchev–Trinajstić information content (AvgIpc) is 2.85. The van der Waals surface area contributed by atoms with Gasteiger partial charge in [0.05, 0.1) is 4.88 Å². The first-order valence-electron chi connectivity index (χ1n) is 4.87. The van der Waals surface area contributed by atoms with Gasteiger partial charge in [-0.1, -0.05) is 0 Å². The Hall–Kier alpha value is -1.79. The average molecular weight is 261 g/mol. The molecule has 0 radical (unpaired) electrons. The lowest BCUT2D eigenvalue weighted by Crippen LogP contribution is -1.80. The number of aliphatic imine (C=N–C) groups is 1. The predicted molar refractivity (Wildman–Crippen MR) is 71.4 cm³/mol. The minimum absolute atomic E-state index is 0.0956. The van der Waals surface area contributed by atoms with Crippen LogP contribution in [0.15, 0.2) is 23.3 Å². The highest BCUT2D eigenvalue weighted by Gasteiger charge is 2.13. The summed E-state index contributed by atoms with van der Waals surface area (Å²) >= 11 is 6.29. The molecule has 4 nitrogen and oxygen atoms in total. The van der Waals surface area contributed by atoms with Gasteiger partial charge in [-0.15, -0.1) is 11.3 Å². The van der Waals surface area contributed by atoms with Gasteiger partial charge in [0.15, 0.2) is 9.77 Å². The molecule has 2 N–H and O–H groups in total. The van der Waals surface area contributed by atoms with Crippen molar-refractivity contribution in [2.24, 2.45) is 4.99 Å². The summed E-state index contributed by atoms with van der Waals surface area (Å²) in [6, 6.07) is 3.81. The SMILES string of the molecule is Oc1[nH]c(=S)sc1/C=C1\C=Nc2ncccc21. The molecule has 1 aliphatic rings. The summed E-state index contributed by atoms with van der Waals surface area (Å²) in [5.74, 6) is 0.801. The van der Waals surface area contributed by atoms with Gasteiger partial charge in [-0.3, -0.25) is 0 Å². The van der Waals surface area contributed by atoms with Crippen LogP contribution in [-0.4, -0.2) is 21.3 Å². The van der Waals surface area contributed by atoms with E-state index < -0.39 is 0 Å². The van der Waals surface area contributed by atoms with Crippen molar-refractivity contribution in [1.82, 2.24) is 9.97 Å². The Bertz CT molecular complexity index is 697. The molecule has 0 bridgehead atoms. The number of aromatic amines is 1. The van der Waals surface area contributed by atoms with Gasteiger partial charge in [-0.2, -0.15) is 0 Å². The summed E-state index contributed by atoms with van der Waals surface area (Å²) in [6.45, 7) is 0. The van der Waals surface area contributed by atoms with Gasteiger partial charge in [0.1, 0.15) is 0 Å². The highest BCUT2D eigenvalue weighted by Crippen LogP contribution is 2.33. The zero-order chi connectivity index (χ0) is 11.8. The largest absolute Gasteiger partial charge is 0.494 e. The Labute approximate surface area is 106 Å². The lowest BCUT2D eigenvalue weighted by atomic mass is 10.1. The number of rotatable bonds is 1. The predicted octanol–water partition coefficient (Wildman–Crippen LogP) is 3.16. The van der Waals surface area contributed by atoms with Crippen molar-refractivity contribution in [2.75, 3.05) is 0 Å². The fraction of sp³-hybridized carbons (Fsp3) is 0. The van der Waals surface area contributed by atoms with Crippen molar-refractivity contribution >= 4 is 47.2 Å². The maximum Gasteiger partial charge on any atom is 0.207 e. The molecule has 0 atom stereocenters. The second-order valence-corrected chi connectivity index (χ2v) is 5.18. The molecule has 84 valence electrons. The van der Waals surface area contributed by atoms with Crippen LogP contribution in [0.5, 0.6) is 5.88 Å². The third-order valence-corrected chi connectivity index (χ3v) is 3.54. The van der Waals surface area contributed by atoms with Gasteiger partial charge < -0.3 is 10.1 Å². The molecule has 0 fully saturated rings. The Kier molecular flexibility index (Phi) is 2.38. The molecular weight excluding hydrogens is 254 g/mol. The van der Waals surface area contributed by atoms with Gasteiger partial charge in [0.25, 0.3) is 0 Å². The van der Waals surface area contributed by atoms with Crippen molar-refractivity contribution < 1.29 is 5.11 Å². The van der Waals surface area contributed by atoms with Gasteiger partial charge in [0.2, 0.25) is 5.88 Å². The number of nitrogens with zero attached hydrogens (tertiary/aromatic N) is 2. The van der Waals surface area contributed by atoms with Crippen LogP contribution in [0.3, 0.4) is 0 Å². The minimum atomic E-state index is 0.0956. The lowest BCUT2D eigenvalue weighted by Gasteiger charge is -1.96. The fourth-order valence-electron chi connectivity index (χ4n) is 1.61. The highest BCUT2D eigenvalue weighted by atomic mass is 32.1. The third-order valence-electron chi connectivity index (χ3n) is 2.37. The van der Waals surface area contributed by atoms with Crippen LogP contribution in [0.25, 0.3) is 11.6 Å². The van der Waals surface area contributed by atoms with E-state index in [0.717, 1.165) is 11.1 Å². The van der Waals surface area contributed by atoms with Crippen LogP contribution < -0.4 is 0 Å². The van der Waals surface area contributed by atoms with E-state index >= 15 is 0 Å². The molecule has 0 amide bonds. The van der Waals surface area contributed by atoms with E-state index in [0.29, 0.717) is 14.6 Å². The first-order chi connectivity index (χ1) is 8.24. The van der Waals surface area contributed by atoms with Crippen molar-refractivity contribution in [3.05, 3.63) is 32.7 Å². The molecule has 17 heavy (non-hydrogen) atoms. The monoisotopic (exact) mass is 261 g/mol. The van der Waals surface area contributed by atoms with Crippen molar-refractivity contribution in [3.63, 3.8) is 0 Å². The van der Waals surface area contributed by atoms with E-state index in [4.69, 9.17) is 12.2 Å². The fourth-order valence-corrected chi connectivity index (χ4v) is 2.66. The molecule has 0 unspecified atom stereocenters. The highest BCUT2D eigenvalue weighted by molar-refractivity contribution is 7.73. The minimum Gasteiger partial charge on any atom is -0.494 e. The summed E-state index contributed by atoms with van der Waals surface area (Å²) in [6.07, 6.45) is 5.29. The summed E-state index contributed by atoms with van der Waals surface area (Å²) in [5, 5.41) is 9.62. The maximum absolute atomic E-state index is 9.62. The summed E-state index contributed by atoms with van der Waals surface area (Å²) in [4.78, 5) is 11.7. The van der Waals surface area contributed by atoms with Gasteiger partial charge in [-0.05, 0) is 30.4 Å². The smallest absolute Gasteiger partial charge is 0.207 e. The number of aromatic nitrogens is 2. The first kappa shape index (κ1) is 10.4. The number of hydrogen-bond acceptors (Lipinski definition) is 5. The molecule has 0 aliphatic carbocycles. The van der Waals surface area contributed by atoms with Crippen LogP contribution in [0.4, 0.5) is 5.82 Å². The zero-order valence-corrected chi connectivity index (χ0v) is 10.2. The number of pyridine rings is 1. The lowest BCUT2D eigenvalue weighted by molar-refractivity contribution is 0.456. The van der Waals surface area contributed by atoms with Gasteiger partial charge in [0, 0.05) is 23.5 Å². The quantitative estimate of drug-likeness (QED) is 0.775. The molecule has 0 spiro atoms. The molecule has 2 aromatic rings. The van der Waals surface area contributed by atoms with E-state index in [-0.39, 0.29) is 5.88 Å². The molecular formula is C11H7N3OS2. The Morgan fingerprint density at radius 2 is 2.35 bits per heavy atom.